The summed E-state index contributed by atoms with van der Waals surface area (Å²) in [5.74, 6) is 1.15. The third-order valence-corrected chi connectivity index (χ3v) is 4.04. The molecule has 0 unspecified atom stereocenters. The van der Waals surface area contributed by atoms with Crippen LogP contribution >= 0.6 is 0 Å². The van der Waals surface area contributed by atoms with E-state index >= 15 is 0 Å². The van der Waals surface area contributed by atoms with Crippen molar-refractivity contribution in [3.05, 3.63) is 36.5 Å². The van der Waals surface area contributed by atoms with Gasteiger partial charge in [-0.1, -0.05) is 18.2 Å². The van der Waals surface area contributed by atoms with Gasteiger partial charge in [0.05, 0.1) is 11.0 Å². The van der Waals surface area contributed by atoms with Crippen LogP contribution in [0.15, 0.2) is 36.5 Å². The smallest absolute Gasteiger partial charge is 0.138 e. The molecule has 1 aliphatic rings. The Morgan fingerprint density at radius 3 is 2.68 bits per heavy atom. The molecule has 0 spiro atoms. The summed E-state index contributed by atoms with van der Waals surface area (Å²) >= 11 is 0. The third kappa shape index (κ3) is 1.69. The molecule has 3 heteroatoms. The molecule has 0 saturated carbocycles. The summed E-state index contributed by atoms with van der Waals surface area (Å²) in [6, 6.07) is 10.5. The number of benzene rings is 1. The van der Waals surface area contributed by atoms with Crippen LogP contribution in [-0.2, 0) is 0 Å². The molecule has 4 rings (SSSR count). The number of nitrogens with zero attached hydrogens (tertiary/aromatic N) is 2. The summed E-state index contributed by atoms with van der Waals surface area (Å²) in [5, 5.41) is 2.46. The van der Waals surface area contributed by atoms with Crippen LogP contribution in [0.2, 0.25) is 0 Å². The van der Waals surface area contributed by atoms with Gasteiger partial charge in [-0.05, 0) is 31.4 Å². The second kappa shape index (κ2) is 4.26. The summed E-state index contributed by atoms with van der Waals surface area (Å²) < 4.78 is 0. The van der Waals surface area contributed by atoms with Gasteiger partial charge in [-0.25, -0.2) is 4.98 Å². The van der Waals surface area contributed by atoms with E-state index in [1.807, 2.05) is 6.20 Å². The first-order valence-corrected chi connectivity index (χ1v) is 7.04. The number of piperidine rings is 1. The summed E-state index contributed by atoms with van der Waals surface area (Å²) in [6.07, 6.45) is 5.92. The SMILES string of the molecule is c1ccc2c(c1)nc(N1CCCCC1)c1cc[nH]c12. The quantitative estimate of drug-likeness (QED) is 0.715. The normalized spacial score (nSPS) is 16.3. The number of para-hydroxylation sites is 1. The number of nitrogens with one attached hydrogen (secondary N) is 1. The summed E-state index contributed by atoms with van der Waals surface area (Å²) in [5.41, 5.74) is 2.30. The highest BCUT2D eigenvalue weighted by atomic mass is 15.2. The average molecular weight is 251 g/mol. The van der Waals surface area contributed by atoms with E-state index in [0.717, 1.165) is 24.4 Å². The van der Waals surface area contributed by atoms with E-state index in [1.165, 1.54) is 35.6 Å². The largest absolute Gasteiger partial charge is 0.361 e. The number of aromatic amines is 1. The van der Waals surface area contributed by atoms with E-state index in [1.54, 1.807) is 0 Å². The summed E-state index contributed by atoms with van der Waals surface area (Å²) in [7, 11) is 0. The maximum Gasteiger partial charge on any atom is 0.138 e. The number of rotatable bonds is 1. The molecular formula is C16H17N3. The second-order valence-corrected chi connectivity index (χ2v) is 5.27. The maximum atomic E-state index is 4.91. The second-order valence-electron chi connectivity index (χ2n) is 5.27. The molecule has 96 valence electrons. The molecule has 0 atom stereocenters. The molecule has 0 aliphatic carbocycles. The molecule has 0 radical (unpaired) electrons. The van der Waals surface area contributed by atoms with Crippen molar-refractivity contribution in [2.24, 2.45) is 0 Å². The molecule has 3 aromatic rings. The fourth-order valence-electron chi connectivity index (χ4n) is 3.08. The Kier molecular flexibility index (Phi) is 2.44. The van der Waals surface area contributed by atoms with Gasteiger partial charge in [0.15, 0.2) is 0 Å². The maximum absolute atomic E-state index is 4.91. The predicted octanol–water partition coefficient (Wildman–Crippen LogP) is 3.71. The fourth-order valence-corrected chi connectivity index (χ4v) is 3.08. The lowest BCUT2D eigenvalue weighted by molar-refractivity contribution is 0.575. The average Bonchev–Trinajstić information content (AvgIpc) is 2.97. The van der Waals surface area contributed by atoms with E-state index in [-0.39, 0.29) is 0 Å². The molecule has 1 fully saturated rings. The van der Waals surface area contributed by atoms with E-state index < -0.39 is 0 Å². The number of hydrogen-bond acceptors (Lipinski definition) is 2. The number of anilines is 1. The zero-order valence-corrected chi connectivity index (χ0v) is 10.9. The van der Waals surface area contributed by atoms with Crippen LogP contribution in [0, 0.1) is 0 Å². The van der Waals surface area contributed by atoms with Crippen LogP contribution in [0.25, 0.3) is 21.8 Å². The Morgan fingerprint density at radius 2 is 1.79 bits per heavy atom. The van der Waals surface area contributed by atoms with Crippen LogP contribution in [0.4, 0.5) is 5.82 Å². The molecule has 19 heavy (non-hydrogen) atoms. The van der Waals surface area contributed by atoms with Gasteiger partial charge in [-0.2, -0.15) is 0 Å². The highest BCUT2D eigenvalue weighted by molar-refractivity contribution is 6.08. The van der Waals surface area contributed by atoms with Crippen molar-refractivity contribution >= 4 is 27.6 Å². The lowest BCUT2D eigenvalue weighted by Crippen LogP contribution is -2.30. The van der Waals surface area contributed by atoms with E-state index in [0.29, 0.717) is 0 Å². The Morgan fingerprint density at radius 1 is 0.947 bits per heavy atom. The van der Waals surface area contributed by atoms with Gasteiger partial charge in [-0.3, -0.25) is 0 Å². The van der Waals surface area contributed by atoms with Gasteiger partial charge in [0, 0.05) is 30.1 Å². The van der Waals surface area contributed by atoms with Crippen LogP contribution in [-0.4, -0.2) is 23.1 Å². The first-order valence-electron chi connectivity index (χ1n) is 7.04. The molecule has 0 amide bonds. The molecule has 1 aromatic carbocycles. The van der Waals surface area contributed by atoms with E-state index in [9.17, 15) is 0 Å². The number of H-pyrrole nitrogens is 1. The third-order valence-electron chi connectivity index (χ3n) is 4.04. The molecule has 1 N–H and O–H groups in total. The standard InChI is InChI=1S/C16H17N3/c1-4-10-19(11-5-1)16-13-8-9-17-15(13)12-6-2-3-7-14(12)18-16/h2-3,6-9,17H,1,4-5,10-11H2. The number of aromatic nitrogens is 2. The van der Waals surface area contributed by atoms with Crippen molar-refractivity contribution in [3.8, 4) is 0 Å². The van der Waals surface area contributed by atoms with Crippen molar-refractivity contribution in [2.45, 2.75) is 19.3 Å². The highest BCUT2D eigenvalue weighted by Crippen LogP contribution is 2.31. The number of hydrogen-bond donors (Lipinski definition) is 1. The molecule has 3 heterocycles. The highest BCUT2D eigenvalue weighted by Gasteiger charge is 2.17. The van der Waals surface area contributed by atoms with E-state index in [2.05, 4.69) is 40.2 Å². The van der Waals surface area contributed by atoms with Crippen LogP contribution in [0.3, 0.4) is 0 Å². The number of pyridine rings is 1. The molecular weight excluding hydrogens is 234 g/mol. The Bertz CT molecular complexity index is 723. The van der Waals surface area contributed by atoms with Crippen molar-refractivity contribution < 1.29 is 0 Å². The van der Waals surface area contributed by atoms with Crippen molar-refractivity contribution in [1.82, 2.24) is 9.97 Å². The van der Waals surface area contributed by atoms with Crippen LogP contribution in [0.5, 0.6) is 0 Å². The van der Waals surface area contributed by atoms with Crippen LogP contribution in [0.1, 0.15) is 19.3 Å². The Balaban J connectivity index is 1.99. The van der Waals surface area contributed by atoms with Crippen molar-refractivity contribution in [2.75, 3.05) is 18.0 Å². The Hall–Kier alpha value is -2.03. The molecule has 2 aromatic heterocycles. The minimum atomic E-state index is 1.08. The summed E-state index contributed by atoms with van der Waals surface area (Å²) in [6.45, 7) is 2.26. The molecule has 0 bridgehead atoms. The fraction of sp³-hybridized carbons (Fsp3) is 0.312. The molecule has 1 aliphatic heterocycles. The lowest BCUT2D eigenvalue weighted by atomic mass is 10.1. The van der Waals surface area contributed by atoms with Gasteiger partial charge in [0.25, 0.3) is 0 Å². The van der Waals surface area contributed by atoms with Gasteiger partial charge in [-0.15, -0.1) is 0 Å². The topological polar surface area (TPSA) is 31.9 Å². The lowest BCUT2D eigenvalue weighted by Gasteiger charge is -2.28. The van der Waals surface area contributed by atoms with Gasteiger partial charge in [0.2, 0.25) is 0 Å². The first kappa shape index (κ1) is 10.9. The van der Waals surface area contributed by atoms with E-state index in [4.69, 9.17) is 4.98 Å². The van der Waals surface area contributed by atoms with Crippen LogP contribution < -0.4 is 4.90 Å². The molecule has 1 saturated heterocycles. The summed E-state index contributed by atoms with van der Waals surface area (Å²) in [4.78, 5) is 10.7. The van der Waals surface area contributed by atoms with Crippen molar-refractivity contribution in [1.29, 1.82) is 0 Å². The van der Waals surface area contributed by atoms with Gasteiger partial charge < -0.3 is 9.88 Å². The zero-order chi connectivity index (χ0) is 12.7. The van der Waals surface area contributed by atoms with Gasteiger partial charge >= 0.3 is 0 Å². The monoisotopic (exact) mass is 251 g/mol. The van der Waals surface area contributed by atoms with Gasteiger partial charge in [0.1, 0.15) is 5.82 Å². The minimum Gasteiger partial charge on any atom is -0.361 e. The first-order chi connectivity index (χ1) is 9.43. The molecule has 3 nitrogen and oxygen atoms in total. The minimum absolute atomic E-state index is 1.08. The zero-order valence-electron chi connectivity index (χ0n) is 10.9. The predicted molar refractivity (Wildman–Crippen MR) is 79.7 cm³/mol. The number of fused-ring (bicyclic) bond motifs is 3. The Labute approximate surface area is 112 Å². The van der Waals surface area contributed by atoms with Crippen molar-refractivity contribution in [3.63, 3.8) is 0 Å².